The van der Waals surface area contributed by atoms with Gasteiger partial charge in [0, 0.05) is 0 Å². The maximum Gasteiger partial charge on any atom is 0.329 e. The molecule has 6 heteroatoms. The molecule has 0 aliphatic carbocycles. The van der Waals surface area contributed by atoms with Gasteiger partial charge in [0.1, 0.15) is 12.3 Å². The average Bonchev–Trinajstić information content (AvgIpc) is 3.07. The number of aryl methyl sites for hydroxylation is 2. The van der Waals surface area contributed by atoms with E-state index in [1.807, 2.05) is 87.5 Å². The summed E-state index contributed by atoms with van der Waals surface area (Å²) >= 11 is 0. The van der Waals surface area contributed by atoms with Gasteiger partial charge in [0.05, 0.1) is 13.2 Å². The molecule has 0 radical (unpaired) electrons. The molecule has 1 aliphatic rings. The first-order valence-corrected chi connectivity index (χ1v) is 11.3. The molecule has 6 nitrogen and oxygen atoms in total. The molecule has 1 saturated heterocycles. The van der Waals surface area contributed by atoms with Crippen LogP contribution in [0.2, 0.25) is 0 Å². The highest BCUT2D eigenvalue weighted by Gasteiger charge is 2.33. The molecule has 3 amide bonds. The summed E-state index contributed by atoms with van der Waals surface area (Å²) in [7, 11) is 0. The molecule has 3 aromatic carbocycles. The first-order chi connectivity index (χ1) is 16.4. The van der Waals surface area contributed by atoms with Gasteiger partial charge in [-0.1, -0.05) is 65.7 Å². The van der Waals surface area contributed by atoms with Crippen LogP contribution in [0.25, 0.3) is 6.08 Å². The fraction of sp³-hybridized carbons (Fsp3) is 0.214. The molecule has 0 atom stereocenters. The van der Waals surface area contributed by atoms with Crippen LogP contribution in [0.1, 0.15) is 34.7 Å². The van der Waals surface area contributed by atoms with E-state index in [1.54, 1.807) is 6.08 Å². The largest absolute Gasteiger partial charge is 0.490 e. The molecule has 1 heterocycles. The minimum absolute atomic E-state index is 0.222. The van der Waals surface area contributed by atoms with Crippen LogP contribution in [0.4, 0.5) is 4.79 Å². The van der Waals surface area contributed by atoms with Crippen LogP contribution in [-0.4, -0.2) is 23.4 Å². The lowest BCUT2D eigenvalue weighted by atomic mass is 10.1. The Balaban J connectivity index is 1.50. The Morgan fingerprint density at radius 3 is 2.38 bits per heavy atom. The van der Waals surface area contributed by atoms with E-state index in [0.717, 1.165) is 22.3 Å². The van der Waals surface area contributed by atoms with Crippen molar-refractivity contribution in [1.29, 1.82) is 0 Å². The molecule has 3 aromatic rings. The summed E-state index contributed by atoms with van der Waals surface area (Å²) in [6, 6.07) is 21.0. The summed E-state index contributed by atoms with van der Waals surface area (Å²) in [4.78, 5) is 26.5. The lowest BCUT2D eigenvalue weighted by molar-refractivity contribution is -0.123. The van der Waals surface area contributed by atoms with E-state index in [1.165, 1.54) is 10.5 Å². The summed E-state index contributed by atoms with van der Waals surface area (Å²) in [5.41, 5.74) is 5.20. The predicted molar refractivity (Wildman–Crippen MR) is 131 cm³/mol. The third-order valence-electron chi connectivity index (χ3n) is 5.48. The van der Waals surface area contributed by atoms with Gasteiger partial charge in [-0.25, -0.2) is 4.79 Å². The SMILES string of the molecule is CCOc1cc(/C=C2/NC(=O)N(Cc3cccc(C)c3)C2=O)ccc1OCc1ccc(C)cc1. The number of rotatable bonds is 8. The number of carbonyl (C=O) groups excluding carboxylic acids is 2. The van der Waals surface area contributed by atoms with Crippen molar-refractivity contribution in [3.8, 4) is 11.5 Å². The highest BCUT2D eigenvalue weighted by Crippen LogP contribution is 2.30. The first-order valence-electron chi connectivity index (χ1n) is 11.3. The third kappa shape index (κ3) is 5.46. The van der Waals surface area contributed by atoms with Crippen molar-refractivity contribution in [1.82, 2.24) is 10.2 Å². The molecule has 0 aromatic heterocycles. The molecular formula is C28H28N2O4. The van der Waals surface area contributed by atoms with Crippen molar-refractivity contribution in [2.75, 3.05) is 6.61 Å². The maximum absolute atomic E-state index is 12.9. The van der Waals surface area contributed by atoms with Crippen molar-refractivity contribution >= 4 is 18.0 Å². The Morgan fingerprint density at radius 2 is 1.65 bits per heavy atom. The Bertz CT molecular complexity index is 1230. The molecule has 1 N–H and O–H groups in total. The topological polar surface area (TPSA) is 67.9 Å². The highest BCUT2D eigenvalue weighted by molar-refractivity contribution is 6.13. The van der Waals surface area contributed by atoms with Gasteiger partial charge in [0.15, 0.2) is 11.5 Å². The molecule has 0 unspecified atom stereocenters. The van der Waals surface area contributed by atoms with Gasteiger partial charge in [-0.15, -0.1) is 0 Å². The van der Waals surface area contributed by atoms with Crippen molar-refractivity contribution in [3.05, 3.63) is 100 Å². The number of benzene rings is 3. The normalized spacial score (nSPS) is 14.4. The van der Waals surface area contributed by atoms with E-state index < -0.39 is 6.03 Å². The van der Waals surface area contributed by atoms with E-state index in [9.17, 15) is 9.59 Å². The van der Waals surface area contributed by atoms with Crippen LogP contribution in [0.3, 0.4) is 0 Å². The molecule has 34 heavy (non-hydrogen) atoms. The second kappa shape index (κ2) is 10.3. The summed E-state index contributed by atoms with van der Waals surface area (Å²) in [6.07, 6.45) is 1.66. The van der Waals surface area contributed by atoms with Gasteiger partial charge >= 0.3 is 6.03 Å². The monoisotopic (exact) mass is 456 g/mol. The van der Waals surface area contributed by atoms with Gasteiger partial charge in [0.2, 0.25) is 0 Å². The van der Waals surface area contributed by atoms with Crippen molar-refractivity contribution in [2.45, 2.75) is 33.9 Å². The third-order valence-corrected chi connectivity index (χ3v) is 5.48. The van der Waals surface area contributed by atoms with E-state index in [0.29, 0.717) is 24.7 Å². The van der Waals surface area contributed by atoms with Crippen LogP contribution in [-0.2, 0) is 17.9 Å². The van der Waals surface area contributed by atoms with Crippen LogP contribution in [0, 0.1) is 13.8 Å². The minimum Gasteiger partial charge on any atom is -0.490 e. The van der Waals surface area contributed by atoms with E-state index in [2.05, 4.69) is 5.32 Å². The number of amides is 3. The van der Waals surface area contributed by atoms with E-state index in [-0.39, 0.29) is 18.1 Å². The van der Waals surface area contributed by atoms with Crippen LogP contribution in [0.15, 0.2) is 72.4 Å². The van der Waals surface area contributed by atoms with Gasteiger partial charge in [0.25, 0.3) is 5.91 Å². The van der Waals surface area contributed by atoms with Crippen LogP contribution >= 0.6 is 0 Å². The second-order valence-corrected chi connectivity index (χ2v) is 8.28. The number of carbonyl (C=O) groups is 2. The first kappa shape index (κ1) is 23.1. The Morgan fingerprint density at radius 1 is 0.853 bits per heavy atom. The number of urea groups is 1. The Labute approximate surface area is 199 Å². The second-order valence-electron chi connectivity index (χ2n) is 8.28. The fourth-order valence-corrected chi connectivity index (χ4v) is 3.72. The molecule has 0 bridgehead atoms. The minimum atomic E-state index is -0.430. The number of nitrogens with zero attached hydrogens (tertiary/aromatic N) is 1. The molecular weight excluding hydrogens is 428 g/mol. The molecule has 4 rings (SSSR count). The van der Waals surface area contributed by atoms with Crippen LogP contribution < -0.4 is 14.8 Å². The predicted octanol–water partition coefficient (Wildman–Crippen LogP) is 5.37. The standard InChI is InChI=1S/C28H28N2O4/c1-4-33-26-16-22(12-13-25(26)34-18-21-10-8-19(2)9-11-21)15-24-27(31)30(28(32)29-24)17-23-7-5-6-20(3)14-23/h5-16H,4,17-18H2,1-3H3,(H,29,32)/b24-15+. The lowest BCUT2D eigenvalue weighted by Gasteiger charge is -2.13. The van der Waals surface area contributed by atoms with E-state index in [4.69, 9.17) is 9.47 Å². The summed E-state index contributed by atoms with van der Waals surface area (Å²) in [6.45, 7) is 7.04. The van der Waals surface area contributed by atoms with Gasteiger partial charge in [-0.05, 0) is 55.7 Å². The summed E-state index contributed by atoms with van der Waals surface area (Å²) in [5.74, 6) is 0.842. The molecule has 174 valence electrons. The van der Waals surface area contributed by atoms with Gasteiger partial charge < -0.3 is 14.8 Å². The smallest absolute Gasteiger partial charge is 0.329 e. The molecule has 0 spiro atoms. The molecule has 0 saturated carbocycles. The zero-order valence-corrected chi connectivity index (χ0v) is 19.6. The lowest BCUT2D eigenvalue weighted by Crippen LogP contribution is -2.30. The fourth-order valence-electron chi connectivity index (χ4n) is 3.72. The van der Waals surface area contributed by atoms with Crippen molar-refractivity contribution in [2.24, 2.45) is 0 Å². The summed E-state index contributed by atoms with van der Waals surface area (Å²) in [5, 5.41) is 2.68. The Kier molecular flexibility index (Phi) is 6.97. The number of nitrogens with one attached hydrogen (secondary N) is 1. The molecule has 1 fully saturated rings. The number of hydrogen-bond donors (Lipinski definition) is 1. The number of imide groups is 1. The summed E-state index contributed by atoms with van der Waals surface area (Å²) < 4.78 is 11.8. The van der Waals surface area contributed by atoms with Crippen molar-refractivity contribution < 1.29 is 19.1 Å². The van der Waals surface area contributed by atoms with E-state index >= 15 is 0 Å². The highest BCUT2D eigenvalue weighted by atomic mass is 16.5. The number of hydrogen-bond acceptors (Lipinski definition) is 4. The van der Waals surface area contributed by atoms with Crippen molar-refractivity contribution in [3.63, 3.8) is 0 Å². The average molecular weight is 457 g/mol. The zero-order chi connectivity index (χ0) is 24.1. The van der Waals surface area contributed by atoms with Gasteiger partial charge in [-0.3, -0.25) is 9.69 Å². The maximum atomic E-state index is 12.9. The van der Waals surface area contributed by atoms with Gasteiger partial charge in [-0.2, -0.15) is 0 Å². The Hall–Kier alpha value is -4.06. The quantitative estimate of drug-likeness (QED) is 0.365. The molecule has 1 aliphatic heterocycles. The number of ether oxygens (including phenoxy) is 2. The zero-order valence-electron chi connectivity index (χ0n) is 19.6. The van der Waals surface area contributed by atoms with Crippen LogP contribution in [0.5, 0.6) is 11.5 Å².